The van der Waals surface area contributed by atoms with Crippen LogP contribution >= 0.6 is 0 Å². The average Bonchev–Trinajstić information content (AvgIpc) is 2.32. The third-order valence-electron chi connectivity index (χ3n) is 2.97. The van der Waals surface area contributed by atoms with Gasteiger partial charge in [-0.15, -0.1) is 0 Å². The zero-order valence-corrected chi connectivity index (χ0v) is 11.5. The normalized spacial score (nSPS) is 26.5. The first-order chi connectivity index (χ1) is 8.86. The van der Waals surface area contributed by atoms with Crippen LogP contribution in [0.15, 0.2) is 0 Å². The number of carbonyl (C=O) groups is 3. The second kappa shape index (κ2) is 6.40. The Balaban J connectivity index is 2.96. The summed E-state index contributed by atoms with van der Waals surface area (Å²) in [6.45, 7) is 4.76. The van der Waals surface area contributed by atoms with Gasteiger partial charge < -0.3 is 14.2 Å². The lowest BCUT2D eigenvalue weighted by Gasteiger charge is -2.41. The summed E-state index contributed by atoms with van der Waals surface area (Å²) in [5.74, 6) is -1.06. The molecule has 7 heteroatoms. The molecule has 0 N–H and O–H groups in total. The van der Waals surface area contributed by atoms with Crippen molar-refractivity contribution in [2.45, 2.75) is 39.5 Å². The van der Waals surface area contributed by atoms with E-state index in [0.717, 1.165) is 0 Å². The Labute approximate surface area is 111 Å². The molecule has 1 rings (SSSR count). The Hall–Kier alpha value is -1.79. The molecule has 0 radical (unpaired) electrons. The van der Waals surface area contributed by atoms with Crippen molar-refractivity contribution in [1.82, 2.24) is 4.90 Å². The molecule has 3 unspecified atom stereocenters. The highest BCUT2D eigenvalue weighted by atomic mass is 16.6. The van der Waals surface area contributed by atoms with Crippen LogP contribution in [-0.4, -0.2) is 48.9 Å². The van der Waals surface area contributed by atoms with Crippen LogP contribution in [0.4, 0.5) is 4.79 Å². The smallest absolute Gasteiger partial charge is 0.412 e. The lowest BCUT2D eigenvalue weighted by atomic mass is 9.94. The molecule has 0 aromatic carbocycles. The van der Waals surface area contributed by atoms with Gasteiger partial charge in [0.2, 0.25) is 6.23 Å². The van der Waals surface area contributed by atoms with Gasteiger partial charge in [0.25, 0.3) is 0 Å². The average molecular weight is 273 g/mol. The van der Waals surface area contributed by atoms with E-state index >= 15 is 0 Å². The second-order valence-electron chi connectivity index (χ2n) is 4.50. The van der Waals surface area contributed by atoms with Gasteiger partial charge in [0.15, 0.2) is 6.10 Å². The van der Waals surface area contributed by atoms with Gasteiger partial charge >= 0.3 is 18.0 Å². The summed E-state index contributed by atoms with van der Waals surface area (Å²) in [7, 11) is 1.24. The summed E-state index contributed by atoms with van der Waals surface area (Å²) in [6, 6.07) is 0. The van der Waals surface area contributed by atoms with Gasteiger partial charge in [0.1, 0.15) is 0 Å². The highest BCUT2D eigenvalue weighted by Gasteiger charge is 2.43. The molecule has 0 aliphatic carbocycles. The second-order valence-corrected chi connectivity index (χ2v) is 4.50. The molecule has 3 atom stereocenters. The van der Waals surface area contributed by atoms with Crippen LogP contribution in [0.25, 0.3) is 0 Å². The van der Waals surface area contributed by atoms with Gasteiger partial charge in [-0.05, 0) is 6.42 Å². The number of hydrogen-bond acceptors (Lipinski definition) is 6. The zero-order valence-electron chi connectivity index (χ0n) is 11.5. The van der Waals surface area contributed by atoms with E-state index in [1.807, 2.05) is 6.92 Å². The molecule has 1 heterocycles. The maximum atomic E-state index is 11.7. The summed E-state index contributed by atoms with van der Waals surface area (Å²) in [6.07, 6.45) is -1.62. The molecule has 0 aromatic heterocycles. The van der Waals surface area contributed by atoms with E-state index < -0.39 is 30.4 Å². The minimum absolute atomic E-state index is 0.0193. The van der Waals surface area contributed by atoms with Crippen molar-refractivity contribution in [3.8, 4) is 0 Å². The number of ether oxygens (including phenoxy) is 3. The number of piperidine rings is 1. The van der Waals surface area contributed by atoms with Crippen LogP contribution in [-0.2, 0) is 23.8 Å². The number of likely N-dealkylation sites (tertiary alicyclic amines) is 1. The molecule has 108 valence electrons. The van der Waals surface area contributed by atoms with Gasteiger partial charge in [-0.2, -0.15) is 0 Å². The van der Waals surface area contributed by atoms with Crippen molar-refractivity contribution in [1.29, 1.82) is 0 Å². The maximum absolute atomic E-state index is 11.7. The predicted molar refractivity (Wildman–Crippen MR) is 64.0 cm³/mol. The van der Waals surface area contributed by atoms with Crippen molar-refractivity contribution in [3.63, 3.8) is 0 Å². The van der Waals surface area contributed by atoms with E-state index in [2.05, 4.69) is 4.74 Å². The molecule has 7 nitrogen and oxygen atoms in total. The molecule has 19 heavy (non-hydrogen) atoms. The Morgan fingerprint density at radius 3 is 2.16 bits per heavy atom. The van der Waals surface area contributed by atoms with Crippen molar-refractivity contribution in [2.75, 3.05) is 13.7 Å². The molecule has 0 spiro atoms. The van der Waals surface area contributed by atoms with Gasteiger partial charge in [0.05, 0.1) is 7.11 Å². The quantitative estimate of drug-likeness (QED) is 0.549. The van der Waals surface area contributed by atoms with Gasteiger partial charge in [0, 0.05) is 26.3 Å². The van der Waals surface area contributed by atoms with Crippen LogP contribution in [0.3, 0.4) is 0 Å². The summed E-state index contributed by atoms with van der Waals surface area (Å²) < 4.78 is 14.9. The Morgan fingerprint density at radius 2 is 1.68 bits per heavy atom. The number of hydrogen-bond donors (Lipinski definition) is 0. The fraction of sp³-hybridized carbons (Fsp3) is 0.750. The predicted octanol–water partition coefficient (Wildman–Crippen LogP) is 0.915. The summed E-state index contributed by atoms with van der Waals surface area (Å²) in [5, 5.41) is 0. The summed E-state index contributed by atoms with van der Waals surface area (Å²) in [5.41, 5.74) is 0. The first kappa shape index (κ1) is 15.3. The molecule has 1 aliphatic heterocycles. The van der Waals surface area contributed by atoms with Gasteiger partial charge in [-0.1, -0.05) is 6.92 Å². The molecule has 0 saturated carbocycles. The molecule has 1 amide bonds. The van der Waals surface area contributed by atoms with Gasteiger partial charge in [-0.3, -0.25) is 14.5 Å². The van der Waals surface area contributed by atoms with E-state index in [1.165, 1.54) is 25.9 Å². The van der Waals surface area contributed by atoms with Crippen LogP contribution in [0, 0.1) is 5.92 Å². The number of nitrogens with zero attached hydrogens (tertiary/aromatic N) is 1. The zero-order chi connectivity index (χ0) is 14.6. The van der Waals surface area contributed by atoms with E-state index in [1.54, 1.807) is 0 Å². The maximum Gasteiger partial charge on any atom is 0.412 e. The monoisotopic (exact) mass is 273 g/mol. The lowest BCUT2D eigenvalue weighted by Crippen LogP contribution is -2.57. The Bertz CT molecular complexity index is 369. The third-order valence-corrected chi connectivity index (χ3v) is 2.97. The number of esters is 2. The minimum atomic E-state index is -0.947. The van der Waals surface area contributed by atoms with Crippen LogP contribution in [0.5, 0.6) is 0 Å². The third kappa shape index (κ3) is 3.84. The van der Waals surface area contributed by atoms with E-state index in [4.69, 9.17) is 9.47 Å². The SMILES string of the molecule is COC(=O)N1CCC(C)C(OC(C)=O)C1OC(C)=O. The number of methoxy groups -OCH3 is 1. The molecule has 1 aliphatic rings. The van der Waals surface area contributed by atoms with Crippen LogP contribution < -0.4 is 0 Å². The van der Waals surface area contributed by atoms with Crippen molar-refractivity contribution in [3.05, 3.63) is 0 Å². The fourth-order valence-corrected chi connectivity index (χ4v) is 2.07. The van der Waals surface area contributed by atoms with E-state index in [9.17, 15) is 14.4 Å². The summed E-state index contributed by atoms with van der Waals surface area (Å²) >= 11 is 0. The van der Waals surface area contributed by atoms with Gasteiger partial charge in [-0.25, -0.2) is 4.79 Å². The van der Waals surface area contributed by atoms with E-state index in [-0.39, 0.29) is 5.92 Å². The minimum Gasteiger partial charge on any atom is -0.456 e. The number of amides is 1. The van der Waals surface area contributed by atoms with Crippen molar-refractivity contribution >= 4 is 18.0 Å². The standard InChI is InChI=1S/C12H19NO6/c1-7-5-6-13(12(16)17-4)11(19-9(3)15)10(7)18-8(2)14/h7,10-11H,5-6H2,1-4H3. The van der Waals surface area contributed by atoms with Crippen molar-refractivity contribution in [2.24, 2.45) is 5.92 Å². The number of carbonyl (C=O) groups excluding carboxylic acids is 3. The van der Waals surface area contributed by atoms with Crippen molar-refractivity contribution < 1.29 is 28.6 Å². The lowest BCUT2D eigenvalue weighted by molar-refractivity contribution is -0.192. The largest absolute Gasteiger partial charge is 0.456 e. The Morgan fingerprint density at radius 1 is 1.11 bits per heavy atom. The molecule has 1 saturated heterocycles. The molecular weight excluding hydrogens is 254 g/mol. The topological polar surface area (TPSA) is 82.1 Å². The first-order valence-electron chi connectivity index (χ1n) is 6.05. The molecule has 1 fully saturated rings. The molecule has 0 bridgehead atoms. The van der Waals surface area contributed by atoms with Crippen LogP contribution in [0.1, 0.15) is 27.2 Å². The molecular formula is C12H19NO6. The molecule has 0 aromatic rings. The summed E-state index contributed by atoms with van der Waals surface area (Å²) in [4.78, 5) is 35.2. The first-order valence-corrected chi connectivity index (χ1v) is 6.05. The number of rotatable bonds is 2. The highest BCUT2D eigenvalue weighted by molar-refractivity contribution is 5.70. The highest BCUT2D eigenvalue weighted by Crippen LogP contribution is 2.27. The van der Waals surface area contributed by atoms with E-state index in [0.29, 0.717) is 13.0 Å². The Kier molecular flexibility index (Phi) is 5.14. The fourth-order valence-electron chi connectivity index (χ4n) is 2.07. The van der Waals surface area contributed by atoms with Crippen LogP contribution in [0.2, 0.25) is 0 Å².